The van der Waals surface area contributed by atoms with Gasteiger partial charge in [0.2, 0.25) is 10.0 Å². The predicted octanol–water partition coefficient (Wildman–Crippen LogP) is 3.39. The SMILES string of the molecule is Cc1ccc(C(C)(C)C)cc1S(=O)(=O)NCCCOC(C)C. The Labute approximate surface area is 135 Å². The summed E-state index contributed by atoms with van der Waals surface area (Å²) >= 11 is 0. The van der Waals surface area contributed by atoms with Crippen molar-refractivity contribution in [2.45, 2.75) is 64.4 Å². The van der Waals surface area contributed by atoms with Crippen LogP contribution in [-0.2, 0) is 20.2 Å². The summed E-state index contributed by atoms with van der Waals surface area (Å²) in [5.41, 5.74) is 1.70. The van der Waals surface area contributed by atoms with E-state index in [2.05, 4.69) is 25.5 Å². The molecular weight excluding hydrogens is 298 g/mol. The second-order valence-electron chi connectivity index (χ2n) is 6.90. The highest BCUT2D eigenvalue weighted by molar-refractivity contribution is 7.89. The molecule has 0 fully saturated rings. The number of nitrogens with one attached hydrogen (secondary N) is 1. The molecule has 5 heteroatoms. The summed E-state index contributed by atoms with van der Waals surface area (Å²) in [5.74, 6) is 0. The normalized spacial score (nSPS) is 12.9. The number of sulfonamides is 1. The van der Waals surface area contributed by atoms with E-state index >= 15 is 0 Å². The molecule has 1 aromatic carbocycles. The zero-order valence-corrected chi connectivity index (χ0v) is 15.4. The smallest absolute Gasteiger partial charge is 0.240 e. The van der Waals surface area contributed by atoms with Crippen LogP contribution in [0.4, 0.5) is 0 Å². The molecule has 0 aliphatic rings. The van der Waals surface area contributed by atoms with Crippen molar-refractivity contribution in [3.63, 3.8) is 0 Å². The standard InChI is InChI=1S/C17H29NO3S/c1-13(2)21-11-7-10-18-22(19,20)16-12-15(17(4,5)6)9-8-14(16)3/h8-9,12-13,18H,7,10-11H2,1-6H3. The Balaban J connectivity index is 2.80. The fraction of sp³-hybridized carbons (Fsp3) is 0.647. The third-order valence-corrected chi connectivity index (χ3v) is 5.01. The minimum Gasteiger partial charge on any atom is -0.379 e. The Morgan fingerprint density at radius 2 is 1.86 bits per heavy atom. The van der Waals surface area contributed by atoms with Crippen LogP contribution in [0.25, 0.3) is 0 Å². The van der Waals surface area contributed by atoms with Gasteiger partial charge in [-0.3, -0.25) is 0 Å². The lowest BCUT2D eigenvalue weighted by atomic mass is 9.87. The largest absolute Gasteiger partial charge is 0.379 e. The molecule has 0 amide bonds. The van der Waals surface area contributed by atoms with Crippen LogP contribution < -0.4 is 4.72 Å². The molecule has 0 unspecified atom stereocenters. The summed E-state index contributed by atoms with van der Waals surface area (Å²) in [7, 11) is -3.48. The van der Waals surface area contributed by atoms with Gasteiger partial charge in [-0.25, -0.2) is 13.1 Å². The van der Waals surface area contributed by atoms with Crippen LogP contribution in [0.5, 0.6) is 0 Å². The topological polar surface area (TPSA) is 55.4 Å². The highest BCUT2D eigenvalue weighted by Gasteiger charge is 2.21. The van der Waals surface area contributed by atoms with E-state index in [-0.39, 0.29) is 11.5 Å². The van der Waals surface area contributed by atoms with Crippen LogP contribution in [0.15, 0.2) is 23.1 Å². The maximum Gasteiger partial charge on any atom is 0.240 e. The van der Waals surface area contributed by atoms with E-state index in [1.54, 1.807) is 6.07 Å². The Bertz CT molecular complexity index is 586. The van der Waals surface area contributed by atoms with Gasteiger partial charge < -0.3 is 4.74 Å². The number of aryl methyl sites for hydroxylation is 1. The van der Waals surface area contributed by atoms with Crippen molar-refractivity contribution in [1.82, 2.24) is 4.72 Å². The molecule has 0 atom stereocenters. The zero-order valence-electron chi connectivity index (χ0n) is 14.6. The first kappa shape index (κ1) is 19.1. The molecule has 22 heavy (non-hydrogen) atoms. The Hall–Kier alpha value is -0.910. The van der Waals surface area contributed by atoms with Crippen molar-refractivity contribution < 1.29 is 13.2 Å². The van der Waals surface area contributed by atoms with Crippen LogP contribution >= 0.6 is 0 Å². The molecule has 0 saturated heterocycles. The van der Waals surface area contributed by atoms with Crippen molar-refractivity contribution >= 4 is 10.0 Å². The molecule has 0 bridgehead atoms. The van der Waals surface area contributed by atoms with Gasteiger partial charge in [0, 0.05) is 13.2 Å². The molecule has 0 aliphatic carbocycles. The molecule has 0 saturated carbocycles. The summed E-state index contributed by atoms with van der Waals surface area (Å²) in [5, 5.41) is 0. The number of hydrogen-bond acceptors (Lipinski definition) is 3. The maximum absolute atomic E-state index is 12.5. The van der Waals surface area contributed by atoms with E-state index in [0.717, 1.165) is 11.1 Å². The molecule has 1 aromatic rings. The first-order valence-corrected chi connectivity index (χ1v) is 9.25. The van der Waals surface area contributed by atoms with E-state index in [9.17, 15) is 8.42 Å². The summed E-state index contributed by atoms with van der Waals surface area (Å²) in [6.07, 6.45) is 0.831. The summed E-state index contributed by atoms with van der Waals surface area (Å²) in [6, 6.07) is 5.64. The van der Waals surface area contributed by atoms with E-state index in [4.69, 9.17) is 4.74 Å². The van der Waals surface area contributed by atoms with Gasteiger partial charge in [0.15, 0.2) is 0 Å². The van der Waals surface area contributed by atoms with Crippen LogP contribution in [0.2, 0.25) is 0 Å². The monoisotopic (exact) mass is 327 g/mol. The van der Waals surface area contributed by atoms with Gasteiger partial charge >= 0.3 is 0 Å². The Kier molecular flexibility index (Phi) is 6.59. The fourth-order valence-electron chi connectivity index (χ4n) is 2.03. The predicted molar refractivity (Wildman–Crippen MR) is 90.8 cm³/mol. The summed E-state index contributed by atoms with van der Waals surface area (Å²) < 4.78 is 33.0. The quantitative estimate of drug-likeness (QED) is 0.781. The number of hydrogen-bond donors (Lipinski definition) is 1. The molecule has 1 rings (SSSR count). The molecule has 1 N–H and O–H groups in total. The van der Waals surface area contributed by atoms with Crippen molar-refractivity contribution in [3.8, 4) is 0 Å². The van der Waals surface area contributed by atoms with Crippen molar-refractivity contribution in [1.29, 1.82) is 0 Å². The highest BCUT2D eigenvalue weighted by atomic mass is 32.2. The third-order valence-electron chi connectivity index (χ3n) is 3.41. The van der Waals surface area contributed by atoms with Crippen molar-refractivity contribution in [3.05, 3.63) is 29.3 Å². The lowest BCUT2D eigenvalue weighted by Crippen LogP contribution is -2.27. The van der Waals surface area contributed by atoms with E-state index < -0.39 is 10.0 Å². The molecule has 0 heterocycles. The summed E-state index contributed by atoms with van der Waals surface area (Å²) in [6.45, 7) is 12.9. The first-order valence-electron chi connectivity index (χ1n) is 7.76. The van der Waals surface area contributed by atoms with E-state index in [0.29, 0.717) is 24.5 Å². The number of benzene rings is 1. The molecular formula is C17H29NO3S. The van der Waals surface area contributed by atoms with Gasteiger partial charge in [-0.05, 0) is 49.8 Å². The Morgan fingerprint density at radius 3 is 2.41 bits per heavy atom. The second-order valence-corrected chi connectivity index (χ2v) is 8.64. The molecule has 126 valence electrons. The lowest BCUT2D eigenvalue weighted by Gasteiger charge is -2.21. The summed E-state index contributed by atoms with van der Waals surface area (Å²) in [4.78, 5) is 0.365. The second kappa shape index (κ2) is 7.57. The van der Waals surface area contributed by atoms with Crippen LogP contribution in [0.3, 0.4) is 0 Å². The first-order chi connectivity index (χ1) is 10.0. The third kappa shape index (κ3) is 5.71. The molecule has 0 spiro atoms. The van der Waals surface area contributed by atoms with Gasteiger partial charge in [-0.15, -0.1) is 0 Å². The number of rotatable bonds is 7. The fourth-order valence-corrected chi connectivity index (χ4v) is 3.37. The van der Waals surface area contributed by atoms with Gasteiger partial charge in [-0.1, -0.05) is 32.9 Å². The van der Waals surface area contributed by atoms with Crippen LogP contribution in [0.1, 0.15) is 52.2 Å². The van der Waals surface area contributed by atoms with Gasteiger partial charge in [0.1, 0.15) is 0 Å². The molecule has 0 aliphatic heterocycles. The average molecular weight is 327 g/mol. The molecule has 0 aromatic heterocycles. The maximum atomic E-state index is 12.5. The van der Waals surface area contributed by atoms with Gasteiger partial charge in [-0.2, -0.15) is 0 Å². The number of ether oxygens (including phenoxy) is 1. The molecule has 0 radical (unpaired) electrons. The van der Waals surface area contributed by atoms with E-state index in [1.165, 1.54) is 0 Å². The lowest BCUT2D eigenvalue weighted by molar-refractivity contribution is 0.0778. The van der Waals surface area contributed by atoms with Gasteiger partial charge in [0.05, 0.1) is 11.0 Å². The van der Waals surface area contributed by atoms with Crippen LogP contribution in [-0.4, -0.2) is 27.7 Å². The molecule has 4 nitrogen and oxygen atoms in total. The van der Waals surface area contributed by atoms with E-state index in [1.807, 2.05) is 32.9 Å². The van der Waals surface area contributed by atoms with Crippen molar-refractivity contribution in [2.75, 3.05) is 13.2 Å². The van der Waals surface area contributed by atoms with Crippen molar-refractivity contribution in [2.24, 2.45) is 0 Å². The Morgan fingerprint density at radius 1 is 1.23 bits per heavy atom. The average Bonchev–Trinajstić information content (AvgIpc) is 2.36. The minimum absolute atomic E-state index is 0.0803. The minimum atomic E-state index is -3.48. The zero-order chi connectivity index (χ0) is 17.0. The van der Waals surface area contributed by atoms with Crippen LogP contribution in [0, 0.1) is 6.92 Å². The van der Waals surface area contributed by atoms with Gasteiger partial charge in [0.25, 0.3) is 0 Å². The highest BCUT2D eigenvalue weighted by Crippen LogP contribution is 2.26.